The predicted octanol–water partition coefficient (Wildman–Crippen LogP) is 0.285. The minimum Gasteiger partial charge on any atom is -0.391 e. The topological polar surface area (TPSA) is 105 Å². The molecule has 27 heavy (non-hydrogen) atoms. The number of aliphatic hydroxyl groups excluding tert-OH is 1. The number of aliphatic hydroxyl groups is 1. The van der Waals surface area contributed by atoms with E-state index in [1.807, 2.05) is 17.9 Å². The van der Waals surface area contributed by atoms with Crippen LogP contribution in [0, 0.1) is 12.8 Å². The van der Waals surface area contributed by atoms with E-state index in [4.69, 9.17) is 9.26 Å². The fourth-order valence-corrected chi connectivity index (χ4v) is 3.53. The van der Waals surface area contributed by atoms with E-state index in [0.717, 1.165) is 24.5 Å². The van der Waals surface area contributed by atoms with Crippen LogP contribution in [0.4, 0.5) is 5.95 Å². The van der Waals surface area contributed by atoms with Gasteiger partial charge in [0, 0.05) is 57.0 Å². The lowest BCUT2D eigenvalue weighted by Gasteiger charge is -2.26. The molecule has 0 aliphatic carbocycles. The van der Waals surface area contributed by atoms with Crippen molar-refractivity contribution in [3.8, 4) is 0 Å². The molecular formula is C18H23N5O4. The van der Waals surface area contributed by atoms with Crippen LogP contribution in [0.3, 0.4) is 0 Å². The Morgan fingerprint density at radius 3 is 2.67 bits per heavy atom. The number of nitrogens with zero attached hydrogens (tertiary/aromatic N) is 5. The highest BCUT2D eigenvalue weighted by Crippen LogP contribution is 2.23. The third-order valence-electron chi connectivity index (χ3n) is 5.01. The van der Waals surface area contributed by atoms with Gasteiger partial charge in [0.25, 0.3) is 5.91 Å². The van der Waals surface area contributed by atoms with Gasteiger partial charge in [0.05, 0.1) is 30.6 Å². The summed E-state index contributed by atoms with van der Waals surface area (Å²) >= 11 is 0. The SMILES string of the molecule is Cc1cc(C[C@@H]2CN(C(=O)c3cnc(N4CCOCC4)nc3)C[C@@H]2O)on1. The van der Waals surface area contributed by atoms with Crippen molar-refractivity contribution in [2.75, 3.05) is 44.3 Å². The smallest absolute Gasteiger partial charge is 0.257 e. The van der Waals surface area contributed by atoms with Gasteiger partial charge in [-0.25, -0.2) is 9.97 Å². The zero-order valence-electron chi connectivity index (χ0n) is 15.2. The highest BCUT2D eigenvalue weighted by molar-refractivity contribution is 5.94. The van der Waals surface area contributed by atoms with E-state index in [9.17, 15) is 9.90 Å². The van der Waals surface area contributed by atoms with Crippen LogP contribution in [0.15, 0.2) is 23.0 Å². The molecule has 1 N–H and O–H groups in total. The highest BCUT2D eigenvalue weighted by Gasteiger charge is 2.35. The first-order valence-electron chi connectivity index (χ1n) is 9.14. The van der Waals surface area contributed by atoms with E-state index in [-0.39, 0.29) is 11.8 Å². The number of anilines is 1. The van der Waals surface area contributed by atoms with Crippen molar-refractivity contribution in [1.82, 2.24) is 20.0 Å². The molecule has 1 amide bonds. The molecular weight excluding hydrogens is 350 g/mol. The number of aryl methyl sites for hydroxylation is 1. The van der Waals surface area contributed by atoms with E-state index in [1.165, 1.54) is 0 Å². The van der Waals surface area contributed by atoms with Gasteiger partial charge in [-0.15, -0.1) is 0 Å². The van der Waals surface area contributed by atoms with Gasteiger partial charge in [-0.05, 0) is 6.92 Å². The molecule has 0 bridgehead atoms. The number of rotatable bonds is 4. The number of aromatic nitrogens is 3. The van der Waals surface area contributed by atoms with Crippen molar-refractivity contribution < 1.29 is 19.2 Å². The molecule has 2 fully saturated rings. The fourth-order valence-electron chi connectivity index (χ4n) is 3.53. The number of amides is 1. The van der Waals surface area contributed by atoms with Gasteiger partial charge in [-0.1, -0.05) is 5.16 Å². The van der Waals surface area contributed by atoms with Crippen molar-refractivity contribution in [1.29, 1.82) is 0 Å². The van der Waals surface area contributed by atoms with Crippen molar-refractivity contribution in [2.24, 2.45) is 5.92 Å². The largest absolute Gasteiger partial charge is 0.391 e. The van der Waals surface area contributed by atoms with Gasteiger partial charge in [-0.3, -0.25) is 4.79 Å². The molecule has 0 saturated carbocycles. The second-order valence-electron chi connectivity index (χ2n) is 7.05. The number of morpholine rings is 1. The van der Waals surface area contributed by atoms with E-state index >= 15 is 0 Å². The van der Waals surface area contributed by atoms with Crippen LogP contribution >= 0.6 is 0 Å². The molecule has 2 aliphatic rings. The summed E-state index contributed by atoms with van der Waals surface area (Å²) in [6.07, 6.45) is 3.07. The first-order valence-corrected chi connectivity index (χ1v) is 9.14. The van der Waals surface area contributed by atoms with Gasteiger partial charge < -0.3 is 24.2 Å². The zero-order valence-corrected chi connectivity index (χ0v) is 15.2. The fraction of sp³-hybridized carbons (Fsp3) is 0.556. The molecule has 2 saturated heterocycles. The molecule has 2 aromatic heterocycles. The van der Waals surface area contributed by atoms with Crippen LogP contribution in [0.5, 0.6) is 0 Å². The maximum atomic E-state index is 12.7. The molecule has 0 radical (unpaired) electrons. The average molecular weight is 373 g/mol. The first-order chi connectivity index (χ1) is 13.1. The number of likely N-dealkylation sites (tertiary alicyclic amines) is 1. The maximum absolute atomic E-state index is 12.7. The van der Waals surface area contributed by atoms with Crippen LogP contribution < -0.4 is 4.90 Å². The third-order valence-corrected chi connectivity index (χ3v) is 5.01. The molecule has 9 nitrogen and oxygen atoms in total. The van der Waals surface area contributed by atoms with E-state index in [2.05, 4.69) is 15.1 Å². The van der Waals surface area contributed by atoms with Crippen LogP contribution in [-0.4, -0.2) is 76.5 Å². The van der Waals surface area contributed by atoms with Gasteiger partial charge in [-0.2, -0.15) is 0 Å². The number of carbonyl (C=O) groups excluding carboxylic acids is 1. The van der Waals surface area contributed by atoms with Crippen molar-refractivity contribution in [3.63, 3.8) is 0 Å². The first kappa shape index (κ1) is 17.9. The van der Waals surface area contributed by atoms with Gasteiger partial charge in [0.15, 0.2) is 0 Å². The molecule has 4 rings (SSSR count). The van der Waals surface area contributed by atoms with Gasteiger partial charge in [0.2, 0.25) is 5.95 Å². The second-order valence-corrected chi connectivity index (χ2v) is 7.05. The van der Waals surface area contributed by atoms with Crippen molar-refractivity contribution in [3.05, 3.63) is 35.5 Å². The summed E-state index contributed by atoms with van der Waals surface area (Å²) in [7, 11) is 0. The maximum Gasteiger partial charge on any atom is 0.257 e. The number of hydrogen-bond acceptors (Lipinski definition) is 8. The monoisotopic (exact) mass is 373 g/mol. The minimum atomic E-state index is -0.590. The van der Waals surface area contributed by atoms with E-state index in [1.54, 1.807) is 17.3 Å². The quantitative estimate of drug-likeness (QED) is 0.815. The number of ether oxygens (including phenoxy) is 1. The second kappa shape index (κ2) is 7.61. The lowest BCUT2D eigenvalue weighted by molar-refractivity contribution is 0.0763. The van der Waals surface area contributed by atoms with E-state index in [0.29, 0.717) is 44.2 Å². The zero-order chi connectivity index (χ0) is 18.8. The van der Waals surface area contributed by atoms with Crippen LogP contribution in [-0.2, 0) is 11.2 Å². The molecule has 2 aromatic rings. The standard InChI is InChI=1S/C18H23N5O4/c1-12-6-15(27-21-12)7-13-10-23(11-16(13)24)17(25)14-8-19-18(20-9-14)22-2-4-26-5-3-22/h6,8-9,13,16,24H,2-5,7,10-11H2,1H3/t13-,16+/m1/s1. The Morgan fingerprint density at radius 1 is 1.26 bits per heavy atom. The van der Waals surface area contributed by atoms with E-state index < -0.39 is 6.10 Å². The Bertz CT molecular complexity index is 787. The Labute approximate surface area is 156 Å². The minimum absolute atomic E-state index is 0.0742. The van der Waals surface area contributed by atoms with Crippen molar-refractivity contribution in [2.45, 2.75) is 19.4 Å². The van der Waals surface area contributed by atoms with Gasteiger partial charge in [0.1, 0.15) is 5.76 Å². The molecule has 144 valence electrons. The average Bonchev–Trinajstić information content (AvgIpc) is 3.28. The summed E-state index contributed by atoms with van der Waals surface area (Å²) in [5, 5.41) is 14.2. The molecule has 0 spiro atoms. The number of carbonyl (C=O) groups is 1. The Kier molecular flexibility index (Phi) is 5.04. The molecule has 0 aromatic carbocycles. The summed E-state index contributed by atoms with van der Waals surface area (Å²) in [4.78, 5) is 25.1. The summed E-state index contributed by atoms with van der Waals surface area (Å²) in [5.41, 5.74) is 1.23. The van der Waals surface area contributed by atoms with Crippen LogP contribution in [0.1, 0.15) is 21.8 Å². The van der Waals surface area contributed by atoms with Crippen molar-refractivity contribution >= 4 is 11.9 Å². The normalized spacial score (nSPS) is 23.0. The lowest BCUT2D eigenvalue weighted by Crippen LogP contribution is -2.37. The Hall–Kier alpha value is -2.52. The predicted molar refractivity (Wildman–Crippen MR) is 95.4 cm³/mol. The molecule has 4 heterocycles. The molecule has 2 aliphatic heterocycles. The number of hydrogen-bond donors (Lipinski definition) is 1. The molecule has 9 heteroatoms. The molecule has 2 atom stereocenters. The third kappa shape index (κ3) is 3.93. The summed E-state index contributed by atoms with van der Waals surface area (Å²) in [6.45, 7) is 5.41. The van der Waals surface area contributed by atoms with Crippen LogP contribution in [0.25, 0.3) is 0 Å². The summed E-state index contributed by atoms with van der Waals surface area (Å²) < 4.78 is 10.5. The van der Waals surface area contributed by atoms with Crippen LogP contribution in [0.2, 0.25) is 0 Å². The summed E-state index contributed by atoms with van der Waals surface area (Å²) in [5.74, 6) is 1.09. The summed E-state index contributed by atoms with van der Waals surface area (Å²) in [6, 6.07) is 1.86. The van der Waals surface area contributed by atoms with Gasteiger partial charge >= 0.3 is 0 Å². The highest BCUT2D eigenvalue weighted by atomic mass is 16.5. The number of β-amino-alcohol motifs (C(OH)–C–C–N with tert-alkyl or cyclic N) is 1. The molecule has 0 unspecified atom stereocenters. The lowest BCUT2D eigenvalue weighted by atomic mass is 10.0. The Balaban J connectivity index is 1.39. The Morgan fingerprint density at radius 2 is 2.00 bits per heavy atom.